The van der Waals surface area contributed by atoms with Crippen LogP contribution in [0.1, 0.15) is 18.4 Å². The summed E-state index contributed by atoms with van der Waals surface area (Å²) in [6.07, 6.45) is 4.53. The van der Waals surface area contributed by atoms with Gasteiger partial charge in [-0.05, 0) is 49.6 Å². The number of aromatic nitrogens is 1. The molecule has 0 aliphatic carbocycles. The van der Waals surface area contributed by atoms with E-state index >= 15 is 0 Å². The minimum absolute atomic E-state index is 0.223. The SMILES string of the molecule is NCCc1c[nH]c2ccc(OCCCCO)cc12. The van der Waals surface area contributed by atoms with E-state index in [4.69, 9.17) is 15.6 Å². The highest BCUT2D eigenvalue weighted by molar-refractivity contribution is 5.84. The molecular formula is C14H20N2O2. The van der Waals surface area contributed by atoms with Gasteiger partial charge in [-0.25, -0.2) is 0 Å². The lowest BCUT2D eigenvalue weighted by atomic mass is 10.1. The van der Waals surface area contributed by atoms with Crippen molar-refractivity contribution in [1.29, 1.82) is 0 Å². The molecule has 0 aliphatic rings. The van der Waals surface area contributed by atoms with Gasteiger partial charge in [0, 0.05) is 23.7 Å². The molecule has 1 aromatic carbocycles. The van der Waals surface area contributed by atoms with E-state index in [1.54, 1.807) is 0 Å². The molecule has 98 valence electrons. The Kier molecular flexibility index (Phi) is 4.61. The van der Waals surface area contributed by atoms with Gasteiger partial charge in [0.1, 0.15) is 5.75 Å². The third kappa shape index (κ3) is 3.03. The summed E-state index contributed by atoms with van der Waals surface area (Å²) >= 11 is 0. The number of rotatable bonds is 7. The maximum absolute atomic E-state index is 8.70. The van der Waals surface area contributed by atoms with Crippen molar-refractivity contribution in [1.82, 2.24) is 4.98 Å². The van der Waals surface area contributed by atoms with Crippen LogP contribution in [0.15, 0.2) is 24.4 Å². The van der Waals surface area contributed by atoms with E-state index in [-0.39, 0.29) is 6.61 Å². The van der Waals surface area contributed by atoms with E-state index in [9.17, 15) is 0 Å². The molecule has 0 saturated heterocycles. The number of aromatic amines is 1. The Bertz CT molecular complexity index is 493. The average Bonchev–Trinajstić information content (AvgIpc) is 2.78. The fourth-order valence-electron chi connectivity index (χ4n) is 2.01. The number of H-pyrrole nitrogens is 1. The summed E-state index contributed by atoms with van der Waals surface area (Å²) in [6, 6.07) is 6.04. The van der Waals surface area contributed by atoms with Crippen LogP contribution in [-0.4, -0.2) is 29.8 Å². The zero-order valence-corrected chi connectivity index (χ0v) is 10.5. The molecule has 4 heteroatoms. The Morgan fingerprint density at radius 2 is 2.17 bits per heavy atom. The quantitative estimate of drug-likeness (QED) is 0.654. The zero-order valence-electron chi connectivity index (χ0n) is 10.5. The van der Waals surface area contributed by atoms with Crippen molar-refractivity contribution in [2.75, 3.05) is 19.8 Å². The lowest BCUT2D eigenvalue weighted by Crippen LogP contribution is -2.02. The fourth-order valence-corrected chi connectivity index (χ4v) is 2.01. The molecule has 4 N–H and O–H groups in total. The second kappa shape index (κ2) is 6.42. The first kappa shape index (κ1) is 12.9. The standard InChI is InChI=1S/C14H20N2O2/c15-6-5-11-10-16-14-4-3-12(9-13(11)14)18-8-2-1-7-17/h3-4,9-10,16-17H,1-2,5-8,15H2. The lowest BCUT2D eigenvalue weighted by Gasteiger charge is -2.06. The topological polar surface area (TPSA) is 71.3 Å². The maximum Gasteiger partial charge on any atom is 0.120 e. The van der Waals surface area contributed by atoms with Crippen LogP contribution in [0.5, 0.6) is 5.75 Å². The predicted molar refractivity (Wildman–Crippen MR) is 72.9 cm³/mol. The van der Waals surface area contributed by atoms with Gasteiger partial charge in [-0.15, -0.1) is 0 Å². The highest BCUT2D eigenvalue weighted by Crippen LogP contribution is 2.24. The molecule has 1 aromatic heterocycles. The predicted octanol–water partition coefficient (Wildman–Crippen LogP) is 1.82. The highest BCUT2D eigenvalue weighted by Gasteiger charge is 2.04. The summed E-state index contributed by atoms with van der Waals surface area (Å²) in [5, 5.41) is 9.88. The zero-order chi connectivity index (χ0) is 12.8. The summed E-state index contributed by atoms with van der Waals surface area (Å²) in [5.74, 6) is 0.873. The fraction of sp³-hybridized carbons (Fsp3) is 0.429. The first-order chi connectivity index (χ1) is 8.85. The van der Waals surface area contributed by atoms with Crippen LogP contribution in [0.3, 0.4) is 0 Å². The summed E-state index contributed by atoms with van der Waals surface area (Å²) in [5.41, 5.74) is 7.94. The van der Waals surface area contributed by atoms with E-state index in [0.29, 0.717) is 13.2 Å². The normalized spacial score (nSPS) is 11.0. The minimum Gasteiger partial charge on any atom is -0.494 e. The van der Waals surface area contributed by atoms with Crippen molar-refractivity contribution >= 4 is 10.9 Å². The number of nitrogens with two attached hydrogens (primary N) is 1. The van der Waals surface area contributed by atoms with Crippen LogP contribution in [0.2, 0.25) is 0 Å². The number of ether oxygens (including phenoxy) is 1. The van der Waals surface area contributed by atoms with Crippen LogP contribution in [0, 0.1) is 0 Å². The molecule has 0 radical (unpaired) electrons. The lowest BCUT2D eigenvalue weighted by molar-refractivity contribution is 0.253. The smallest absolute Gasteiger partial charge is 0.120 e. The van der Waals surface area contributed by atoms with Crippen molar-refractivity contribution < 1.29 is 9.84 Å². The Morgan fingerprint density at radius 3 is 2.94 bits per heavy atom. The molecule has 0 unspecified atom stereocenters. The van der Waals surface area contributed by atoms with Crippen LogP contribution in [0.4, 0.5) is 0 Å². The first-order valence-electron chi connectivity index (χ1n) is 6.39. The van der Waals surface area contributed by atoms with Gasteiger partial charge in [0.05, 0.1) is 6.61 Å². The van der Waals surface area contributed by atoms with Crippen LogP contribution in [0.25, 0.3) is 10.9 Å². The first-order valence-corrected chi connectivity index (χ1v) is 6.39. The molecular weight excluding hydrogens is 228 g/mol. The molecule has 2 aromatic rings. The van der Waals surface area contributed by atoms with Crippen LogP contribution >= 0.6 is 0 Å². The Balaban J connectivity index is 2.07. The molecule has 18 heavy (non-hydrogen) atoms. The summed E-state index contributed by atoms with van der Waals surface area (Å²) in [4.78, 5) is 3.23. The van der Waals surface area contributed by atoms with Crippen molar-refractivity contribution in [3.8, 4) is 5.75 Å². The number of aliphatic hydroxyl groups excluding tert-OH is 1. The number of benzene rings is 1. The summed E-state index contributed by atoms with van der Waals surface area (Å²) in [6.45, 7) is 1.51. The van der Waals surface area contributed by atoms with Gasteiger partial charge >= 0.3 is 0 Å². The van der Waals surface area contributed by atoms with Gasteiger partial charge in [-0.2, -0.15) is 0 Å². The van der Waals surface area contributed by atoms with E-state index in [0.717, 1.165) is 30.5 Å². The second-order valence-corrected chi connectivity index (χ2v) is 4.34. The Labute approximate surface area is 107 Å². The van der Waals surface area contributed by atoms with E-state index < -0.39 is 0 Å². The number of hydrogen-bond acceptors (Lipinski definition) is 3. The molecule has 0 amide bonds. The molecule has 2 rings (SSSR count). The largest absolute Gasteiger partial charge is 0.494 e. The van der Waals surface area contributed by atoms with Gasteiger partial charge in [-0.1, -0.05) is 0 Å². The molecule has 0 atom stereocenters. The molecule has 0 bridgehead atoms. The Hall–Kier alpha value is -1.52. The second-order valence-electron chi connectivity index (χ2n) is 4.34. The van der Waals surface area contributed by atoms with E-state index in [1.165, 1.54) is 10.9 Å². The van der Waals surface area contributed by atoms with Gasteiger partial charge < -0.3 is 20.6 Å². The van der Waals surface area contributed by atoms with Gasteiger partial charge in [0.2, 0.25) is 0 Å². The molecule has 0 aliphatic heterocycles. The molecule has 0 fully saturated rings. The van der Waals surface area contributed by atoms with E-state index in [1.807, 2.05) is 18.3 Å². The van der Waals surface area contributed by atoms with Crippen LogP contribution in [-0.2, 0) is 6.42 Å². The molecule has 0 spiro atoms. The summed E-state index contributed by atoms with van der Waals surface area (Å²) in [7, 11) is 0. The van der Waals surface area contributed by atoms with Crippen molar-refractivity contribution in [3.63, 3.8) is 0 Å². The third-order valence-electron chi connectivity index (χ3n) is 2.97. The highest BCUT2D eigenvalue weighted by atomic mass is 16.5. The molecule has 0 saturated carbocycles. The van der Waals surface area contributed by atoms with Gasteiger partial charge in [0.15, 0.2) is 0 Å². The minimum atomic E-state index is 0.223. The van der Waals surface area contributed by atoms with Gasteiger partial charge in [0.25, 0.3) is 0 Å². The number of unbranched alkanes of at least 4 members (excludes halogenated alkanes) is 1. The maximum atomic E-state index is 8.70. The number of aliphatic hydroxyl groups is 1. The third-order valence-corrected chi connectivity index (χ3v) is 2.97. The number of nitrogens with one attached hydrogen (secondary N) is 1. The van der Waals surface area contributed by atoms with E-state index in [2.05, 4.69) is 11.1 Å². The van der Waals surface area contributed by atoms with Crippen LogP contribution < -0.4 is 10.5 Å². The monoisotopic (exact) mass is 248 g/mol. The number of fused-ring (bicyclic) bond motifs is 1. The summed E-state index contributed by atoms with van der Waals surface area (Å²) < 4.78 is 5.66. The number of hydrogen-bond donors (Lipinski definition) is 3. The van der Waals surface area contributed by atoms with Crippen molar-refractivity contribution in [3.05, 3.63) is 30.0 Å². The van der Waals surface area contributed by atoms with Crippen molar-refractivity contribution in [2.24, 2.45) is 5.73 Å². The Morgan fingerprint density at radius 1 is 1.28 bits per heavy atom. The van der Waals surface area contributed by atoms with Gasteiger partial charge in [-0.3, -0.25) is 0 Å². The van der Waals surface area contributed by atoms with Crippen molar-refractivity contribution in [2.45, 2.75) is 19.3 Å². The average molecular weight is 248 g/mol. The molecule has 1 heterocycles. The molecule has 4 nitrogen and oxygen atoms in total.